The van der Waals surface area contributed by atoms with Gasteiger partial charge >= 0.3 is 0 Å². The summed E-state index contributed by atoms with van der Waals surface area (Å²) in [6.07, 6.45) is 1.25. The molecule has 0 spiro atoms. The molecule has 0 aromatic rings. The van der Waals surface area contributed by atoms with Gasteiger partial charge in [0.2, 0.25) is 0 Å². The molecule has 0 saturated carbocycles. The Balaban J connectivity index is -0.0000000133. The fraction of sp³-hybridized carbons (Fsp3) is 1.00. The van der Waals surface area contributed by atoms with E-state index in [1.165, 1.54) is 6.42 Å². The van der Waals surface area contributed by atoms with Gasteiger partial charge in [0, 0.05) is 68.6 Å². The molecular formula is C23H68O5. The highest BCUT2D eigenvalue weighted by Gasteiger charge is 1.53. The lowest BCUT2D eigenvalue weighted by molar-refractivity contribution is 0.215. The zero-order valence-corrected chi connectivity index (χ0v) is 18.3. The summed E-state index contributed by atoms with van der Waals surface area (Å²) < 4.78 is 22.7. The van der Waals surface area contributed by atoms with Crippen LogP contribution in [0.3, 0.4) is 0 Å². The smallest absolute Gasteiger partial charge is 0.0433 e. The Morgan fingerprint density at radius 1 is 0.321 bits per heavy atom. The molecule has 190 valence electrons. The van der Waals surface area contributed by atoms with Gasteiger partial charge in [-0.1, -0.05) is 57.4 Å². The van der Waals surface area contributed by atoms with Crippen LogP contribution in [-0.4, -0.2) is 68.6 Å². The molecule has 0 rings (SSSR count). The highest BCUT2D eigenvalue weighted by molar-refractivity contribution is 3.96. The predicted molar refractivity (Wildman–Crippen MR) is 137 cm³/mol. The Bertz CT molecular complexity index is 61.8. The first-order chi connectivity index (χ1) is 11.0. The summed E-state index contributed by atoms with van der Waals surface area (Å²) in [6, 6.07) is 0. The van der Waals surface area contributed by atoms with Crippen molar-refractivity contribution in [2.75, 3.05) is 68.6 Å². The molecule has 0 radical (unpaired) electrons. The van der Waals surface area contributed by atoms with Crippen molar-refractivity contribution in [3.8, 4) is 0 Å². The number of hydrogen-bond acceptors (Lipinski definition) is 5. The van der Waals surface area contributed by atoms with Crippen LogP contribution in [0.15, 0.2) is 0 Å². The quantitative estimate of drug-likeness (QED) is 0.449. The van der Waals surface area contributed by atoms with Gasteiger partial charge in [-0.25, -0.2) is 0 Å². The van der Waals surface area contributed by atoms with Crippen molar-refractivity contribution >= 4 is 0 Å². The molecule has 0 N–H and O–H groups in total. The molecule has 0 unspecified atom stereocenters. The lowest BCUT2D eigenvalue weighted by Gasteiger charge is -1.76. The molecule has 0 atom stereocenters. The lowest BCUT2D eigenvalue weighted by atomic mass is 10.6. The highest BCUT2D eigenvalue weighted by atomic mass is 16.5. The van der Waals surface area contributed by atoms with Crippen molar-refractivity contribution in [2.24, 2.45) is 0 Å². The van der Waals surface area contributed by atoms with E-state index in [1.807, 2.05) is 34.6 Å². The normalized spacial score (nSPS) is 6.00. The zero-order valence-electron chi connectivity index (χ0n) is 18.3. The van der Waals surface area contributed by atoms with Crippen LogP contribution in [0.25, 0.3) is 0 Å². The summed E-state index contributed by atoms with van der Waals surface area (Å²) in [5.41, 5.74) is 0. The van der Waals surface area contributed by atoms with Crippen molar-refractivity contribution in [1.82, 2.24) is 0 Å². The van der Waals surface area contributed by atoms with Crippen molar-refractivity contribution in [2.45, 2.75) is 92.0 Å². The van der Waals surface area contributed by atoms with E-state index >= 15 is 0 Å². The topological polar surface area (TPSA) is 46.2 Å². The minimum Gasteiger partial charge on any atom is -0.385 e. The zero-order chi connectivity index (χ0) is 19.8. The summed E-state index contributed by atoms with van der Waals surface area (Å²) >= 11 is 0. The highest BCUT2D eigenvalue weighted by Crippen LogP contribution is 1.56. The second-order valence-corrected chi connectivity index (χ2v) is 3.59. The van der Waals surface area contributed by atoms with Crippen LogP contribution in [0.1, 0.15) is 92.0 Å². The summed E-state index contributed by atoms with van der Waals surface area (Å²) in [5, 5.41) is 0. The van der Waals surface area contributed by atoms with Gasteiger partial charge in [0.15, 0.2) is 0 Å². The molecule has 0 bridgehead atoms. The largest absolute Gasteiger partial charge is 0.385 e. The van der Waals surface area contributed by atoms with E-state index in [9.17, 15) is 0 Å². The lowest BCUT2D eigenvalue weighted by Crippen LogP contribution is -1.73. The maximum Gasteiger partial charge on any atom is 0.0433 e. The summed E-state index contributed by atoms with van der Waals surface area (Å²) in [4.78, 5) is 0. The van der Waals surface area contributed by atoms with E-state index in [2.05, 4.69) is 37.5 Å². The van der Waals surface area contributed by atoms with E-state index in [0.29, 0.717) is 0 Å². The Hall–Kier alpha value is -0.200. The molecule has 0 aliphatic rings. The molecule has 0 saturated heterocycles. The van der Waals surface area contributed by atoms with Crippen molar-refractivity contribution in [3.63, 3.8) is 0 Å². The fourth-order valence-electron chi connectivity index (χ4n) is 0. The monoisotopic (exact) mass is 425 g/mol. The summed E-state index contributed by atoms with van der Waals surface area (Å²) in [6.45, 7) is 18.1. The Kier molecular flexibility index (Phi) is 386. The van der Waals surface area contributed by atoms with Crippen LogP contribution >= 0.6 is 0 Å². The number of rotatable bonds is 5. The van der Waals surface area contributed by atoms with E-state index in [1.54, 1.807) is 35.5 Å². The average Bonchev–Trinajstić information content (AvgIpc) is 2.62. The standard InChI is InChI=1S/5C3H8O.C3H8.5CH4/c5*1-3-4-2;1-3-2;;;;;/h5*3H2,1-2H3;3H2,1-2H3;5*1H4. The van der Waals surface area contributed by atoms with Gasteiger partial charge in [-0.05, 0) is 34.6 Å². The van der Waals surface area contributed by atoms with Crippen LogP contribution in [0.5, 0.6) is 0 Å². The Labute approximate surface area is 184 Å². The maximum atomic E-state index is 4.54. The molecular weight excluding hydrogens is 356 g/mol. The third-order valence-corrected chi connectivity index (χ3v) is 1.44. The Morgan fingerprint density at radius 2 is 0.357 bits per heavy atom. The number of ether oxygens (including phenoxy) is 5. The third kappa shape index (κ3) is 689. The van der Waals surface area contributed by atoms with E-state index < -0.39 is 0 Å². The number of hydrogen-bond donors (Lipinski definition) is 0. The average molecular weight is 425 g/mol. The minimum absolute atomic E-state index is 0. The first-order valence-electron chi connectivity index (χ1n) is 8.43. The van der Waals surface area contributed by atoms with Crippen LogP contribution in [0, 0.1) is 0 Å². The third-order valence-electron chi connectivity index (χ3n) is 1.44. The van der Waals surface area contributed by atoms with Crippen LogP contribution in [0.4, 0.5) is 0 Å². The molecule has 5 heteroatoms. The maximum absolute atomic E-state index is 4.54. The molecule has 0 amide bonds. The molecule has 0 aromatic heterocycles. The van der Waals surface area contributed by atoms with Gasteiger partial charge in [-0.2, -0.15) is 0 Å². The van der Waals surface area contributed by atoms with Gasteiger partial charge < -0.3 is 23.7 Å². The van der Waals surface area contributed by atoms with E-state index in [4.69, 9.17) is 0 Å². The van der Waals surface area contributed by atoms with Gasteiger partial charge in [-0.3, -0.25) is 0 Å². The fourth-order valence-corrected chi connectivity index (χ4v) is 0. The van der Waals surface area contributed by atoms with Crippen molar-refractivity contribution < 1.29 is 23.7 Å². The summed E-state index contributed by atoms with van der Waals surface area (Å²) in [7, 11) is 8.40. The first-order valence-corrected chi connectivity index (χ1v) is 8.43. The minimum atomic E-state index is 0. The van der Waals surface area contributed by atoms with Gasteiger partial charge in [0.1, 0.15) is 0 Å². The molecule has 0 aliphatic heterocycles. The van der Waals surface area contributed by atoms with Crippen LogP contribution < -0.4 is 0 Å². The van der Waals surface area contributed by atoms with E-state index in [-0.39, 0.29) is 37.1 Å². The van der Waals surface area contributed by atoms with Gasteiger partial charge in [0.05, 0.1) is 0 Å². The molecule has 0 aromatic carbocycles. The van der Waals surface area contributed by atoms with Crippen LogP contribution in [0.2, 0.25) is 0 Å². The summed E-state index contributed by atoms with van der Waals surface area (Å²) in [5.74, 6) is 0. The Morgan fingerprint density at radius 3 is 0.357 bits per heavy atom. The number of methoxy groups -OCH3 is 5. The molecule has 5 nitrogen and oxygen atoms in total. The SMILES string of the molecule is C.C.C.C.C.CCC.CCOC.CCOC.CCOC.CCOC.CCOC. The molecule has 0 heterocycles. The molecule has 28 heavy (non-hydrogen) atoms. The second kappa shape index (κ2) is 153. The second-order valence-electron chi connectivity index (χ2n) is 3.59. The van der Waals surface area contributed by atoms with Crippen molar-refractivity contribution in [3.05, 3.63) is 0 Å². The van der Waals surface area contributed by atoms with Gasteiger partial charge in [0.25, 0.3) is 0 Å². The molecule has 0 aliphatic carbocycles. The first kappa shape index (κ1) is 70.7. The van der Waals surface area contributed by atoms with Gasteiger partial charge in [-0.15, -0.1) is 0 Å². The predicted octanol–water partition coefficient (Wildman–Crippen LogP) is 7.86. The van der Waals surface area contributed by atoms with Crippen LogP contribution in [-0.2, 0) is 23.7 Å². The van der Waals surface area contributed by atoms with E-state index in [0.717, 1.165) is 33.0 Å². The molecule has 0 fully saturated rings. The van der Waals surface area contributed by atoms with Crippen molar-refractivity contribution in [1.29, 1.82) is 0 Å².